The Labute approximate surface area is 195 Å². The molecule has 3 aliphatic carbocycles. The second-order valence-electron chi connectivity index (χ2n) is 12.1. The fraction of sp³-hybridized carbons (Fsp3) is 0.759. The molecule has 4 rings (SSSR count). The second-order valence-corrected chi connectivity index (χ2v) is 12.1. The largest absolute Gasteiger partial charge is 0.472 e. The molecular formula is C29H44O3. The summed E-state index contributed by atoms with van der Waals surface area (Å²) in [5.74, 6) is 2.45. The number of carbonyl (C=O) groups excluding carboxylic acids is 1. The highest BCUT2D eigenvalue weighted by Gasteiger charge is 2.61. The predicted octanol–water partition coefficient (Wildman–Crippen LogP) is 7.61. The highest BCUT2D eigenvalue weighted by molar-refractivity contribution is 5.81. The van der Waals surface area contributed by atoms with E-state index in [0.29, 0.717) is 34.7 Å². The van der Waals surface area contributed by atoms with Gasteiger partial charge < -0.3 is 9.15 Å². The minimum Gasteiger partial charge on any atom is -0.472 e. The molecule has 0 saturated heterocycles. The molecule has 0 spiro atoms. The molecule has 1 aromatic rings. The standard InChI is InChI=1S/C29H44O3/c1-6-32-26(30)13-10-22-9-12-25-28(4,23(22)11-8-21-15-19-31-20-21)18-14-24-27(2,3)16-7-17-29(24,25)5/h10,13,15,19-20,22-25H,6-9,11-12,14,16-18H2,1-5H3/b13-10+/t22-,23+,24+,25+,28-,29+/m1/s1. The molecule has 0 aliphatic heterocycles. The summed E-state index contributed by atoms with van der Waals surface area (Å²) in [7, 11) is 0. The summed E-state index contributed by atoms with van der Waals surface area (Å²) in [6.07, 6.45) is 19.1. The van der Waals surface area contributed by atoms with Crippen LogP contribution >= 0.6 is 0 Å². The molecule has 3 aliphatic rings. The van der Waals surface area contributed by atoms with Crippen molar-refractivity contribution in [2.24, 2.45) is 39.9 Å². The summed E-state index contributed by atoms with van der Waals surface area (Å²) < 4.78 is 10.5. The smallest absolute Gasteiger partial charge is 0.330 e. The van der Waals surface area contributed by atoms with Crippen molar-refractivity contribution in [1.82, 2.24) is 0 Å². The molecule has 178 valence electrons. The van der Waals surface area contributed by atoms with Crippen LogP contribution in [-0.4, -0.2) is 12.6 Å². The number of aryl methyl sites for hydroxylation is 1. The lowest BCUT2D eigenvalue weighted by Gasteiger charge is -2.66. The average Bonchev–Trinajstić information content (AvgIpc) is 3.24. The molecular weight excluding hydrogens is 396 g/mol. The number of allylic oxidation sites excluding steroid dienone is 1. The lowest BCUT2D eigenvalue weighted by molar-refractivity contribution is -0.171. The number of carbonyl (C=O) groups is 1. The van der Waals surface area contributed by atoms with Crippen LogP contribution in [0.15, 0.2) is 35.2 Å². The van der Waals surface area contributed by atoms with Crippen molar-refractivity contribution in [3.05, 3.63) is 36.3 Å². The zero-order valence-electron chi connectivity index (χ0n) is 21.0. The third-order valence-corrected chi connectivity index (χ3v) is 10.1. The van der Waals surface area contributed by atoms with Gasteiger partial charge >= 0.3 is 5.97 Å². The lowest BCUT2D eigenvalue weighted by atomic mass is 9.38. The maximum atomic E-state index is 12.1. The lowest BCUT2D eigenvalue weighted by Crippen LogP contribution is -2.59. The van der Waals surface area contributed by atoms with E-state index in [1.807, 2.05) is 13.2 Å². The molecule has 3 fully saturated rings. The molecule has 0 N–H and O–H groups in total. The second kappa shape index (κ2) is 9.03. The number of hydrogen-bond donors (Lipinski definition) is 0. The van der Waals surface area contributed by atoms with Gasteiger partial charge in [0.25, 0.3) is 0 Å². The summed E-state index contributed by atoms with van der Waals surface area (Å²) in [6, 6.07) is 2.11. The number of fused-ring (bicyclic) bond motifs is 3. The zero-order valence-corrected chi connectivity index (χ0v) is 21.0. The van der Waals surface area contributed by atoms with E-state index in [1.165, 1.54) is 50.5 Å². The van der Waals surface area contributed by atoms with E-state index in [4.69, 9.17) is 9.15 Å². The van der Waals surface area contributed by atoms with Crippen LogP contribution < -0.4 is 0 Å². The topological polar surface area (TPSA) is 39.4 Å². The summed E-state index contributed by atoms with van der Waals surface area (Å²) in [6.45, 7) is 12.6. The Morgan fingerprint density at radius 1 is 1.09 bits per heavy atom. The number of ether oxygens (including phenoxy) is 1. The molecule has 0 aromatic carbocycles. The molecule has 3 nitrogen and oxygen atoms in total. The van der Waals surface area contributed by atoms with Crippen LogP contribution in [0, 0.1) is 39.9 Å². The highest BCUT2D eigenvalue weighted by atomic mass is 16.5. The van der Waals surface area contributed by atoms with Crippen molar-refractivity contribution >= 4 is 5.97 Å². The summed E-state index contributed by atoms with van der Waals surface area (Å²) in [5, 5.41) is 0. The first-order valence-electron chi connectivity index (χ1n) is 13.1. The first kappa shape index (κ1) is 23.6. The Balaban J connectivity index is 1.63. The Hall–Kier alpha value is -1.51. The minimum atomic E-state index is -0.196. The molecule has 0 amide bonds. The molecule has 0 radical (unpaired) electrons. The van der Waals surface area contributed by atoms with Crippen molar-refractivity contribution in [1.29, 1.82) is 0 Å². The SMILES string of the molecule is CCOC(=O)/C=C/[C@H]1CC[C@H]2[C@](C)(CC[C@H]3C(C)(C)CCC[C@]23C)[C@H]1CCc1ccoc1. The Morgan fingerprint density at radius 2 is 1.91 bits per heavy atom. The van der Waals surface area contributed by atoms with Gasteiger partial charge in [0, 0.05) is 6.08 Å². The maximum absolute atomic E-state index is 12.1. The van der Waals surface area contributed by atoms with Gasteiger partial charge in [0.15, 0.2) is 0 Å². The van der Waals surface area contributed by atoms with Gasteiger partial charge in [-0.1, -0.05) is 40.2 Å². The van der Waals surface area contributed by atoms with Crippen molar-refractivity contribution in [3.63, 3.8) is 0 Å². The molecule has 1 heterocycles. The Bertz CT molecular complexity index is 806. The number of hydrogen-bond acceptors (Lipinski definition) is 3. The van der Waals surface area contributed by atoms with E-state index in [0.717, 1.165) is 24.7 Å². The van der Waals surface area contributed by atoms with Crippen LogP contribution in [0.5, 0.6) is 0 Å². The van der Waals surface area contributed by atoms with E-state index in [2.05, 4.69) is 39.8 Å². The van der Waals surface area contributed by atoms with E-state index in [9.17, 15) is 4.79 Å². The first-order valence-corrected chi connectivity index (χ1v) is 13.1. The van der Waals surface area contributed by atoms with Gasteiger partial charge in [-0.05, 0) is 110 Å². The van der Waals surface area contributed by atoms with Gasteiger partial charge in [-0.2, -0.15) is 0 Å². The highest BCUT2D eigenvalue weighted by Crippen LogP contribution is 2.69. The van der Waals surface area contributed by atoms with Crippen molar-refractivity contribution in [3.8, 4) is 0 Å². The van der Waals surface area contributed by atoms with Gasteiger partial charge in [-0.25, -0.2) is 4.79 Å². The fourth-order valence-electron chi connectivity index (χ4n) is 8.76. The molecule has 1 aromatic heterocycles. The van der Waals surface area contributed by atoms with Gasteiger partial charge in [-0.15, -0.1) is 0 Å². The van der Waals surface area contributed by atoms with Crippen LogP contribution in [0.3, 0.4) is 0 Å². The molecule has 6 atom stereocenters. The van der Waals surface area contributed by atoms with Crippen LogP contribution in [0.1, 0.15) is 91.5 Å². The van der Waals surface area contributed by atoms with Crippen LogP contribution in [-0.2, 0) is 16.0 Å². The van der Waals surface area contributed by atoms with Crippen molar-refractivity contribution in [2.75, 3.05) is 6.61 Å². The van der Waals surface area contributed by atoms with Gasteiger partial charge in [0.05, 0.1) is 19.1 Å². The predicted molar refractivity (Wildman–Crippen MR) is 129 cm³/mol. The van der Waals surface area contributed by atoms with Gasteiger partial charge in [-0.3, -0.25) is 0 Å². The molecule has 3 saturated carbocycles. The number of esters is 1. The van der Waals surface area contributed by atoms with E-state index < -0.39 is 0 Å². The van der Waals surface area contributed by atoms with E-state index >= 15 is 0 Å². The number of rotatable bonds is 6. The molecule has 3 heteroatoms. The van der Waals surface area contributed by atoms with Crippen LogP contribution in [0.4, 0.5) is 0 Å². The third kappa shape index (κ3) is 4.21. The monoisotopic (exact) mass is 440 g/mol. The average molecular weight is 441 g/mol. The third-order valence-electron chi connectivity index (χ3n) is 10.1. The maximum Gasteiger partial charge on any atom is 0.330 e. The van der Waals surface area contributed by atoms with Gasteiger partial charge in [0.1, 0.15) is 0 Å². The van der Waals surface area contributed by atoms with Crippen molar-refractivity contribution in [2.45, 2.75) is 92.4 Å². The van der Waals surface area contributed by atoms with E-state index in [1.54, 1.807) is 12.3 Å². The fourth-order valence-corrected chi connectivity index (χ4v) is 8.76. The Morgan fingerprint density at radius 3 is 2.62 bits per heavy atom. The molecule has 0 unspecified atom stereocenters. The first-order chi connectivity index (χ1) is 15.2. The molecule has 0 bridgehead atoms. The minimum absolute atomic E-state index is 0.196. The van der Waals surface area contributed by atoms with Gasteiger partial charge in [0.2, 0.25) is 0 Å². The number of furan rings is 1. The van der Waals surface area contributed by atoms with E-state index in [-0.39, 0.29) is 5.97 Å². The quantitative estimate of drug-likeness (QED) is 0.337. The van der Waals surface area contributed by atoms with Crippen LogP contribution in [0.25, 0.3) is 0 Å². The Kier molecular flexibility index (Phi) is 6.67. The molecule has 32 heavy (non-hydrogen) atoms. The van der Waals surface area contributed by atoms with Crippen LogP contribution in [0.2, 0.25) is 0 Å². The zero-order chi connectivity index (χ0) is 23.0. The summed E-state index contributed by atoms with van der Waals surface area (Å²) in [5.41, 5.74) is 2.52. The summed E-state index contributed by atoms with van der Waals surface area (Å²) in [4.78, 5) is 12.1. The van der Waals surface area contributed by atoms with Crippen molar-refractivity contribution < 1.29 is 13.9 Å². The normalized spacial score (nSPS) is 38.8. The summed E-state index contributed by atoms with van der Waals surface area (Å²) >= 11 is 0.